The predicted molar refractivity (Wildman–Crippen MR) is 232 cm³/mol. The molecule has 19 heteroatoms. The summed E-state index contributed by atoms with van der Waals surface area (Å²) >= 11 is 1.95. The van der Waals surface area contributed by atoms with E-state index in [0.29, 0.717) is 44.8 Å². The first-order chi connectivity index (χ1) is 28.4. The third-order valence-electron chi connectivity index (χ3n) is 10.2. The van der Waals surface area contributed by atoms with Crippen molar-refractivity contribution in [3.05, 3.63) is 105 Å². The van der Waals surface area contributed by atoms with Crippen LogP contribution in [0.2, 0.25) is 0 Å². The Morgan fingerprint density at radius 1 is 0.833 bits per heavy atom. The molecule has 2 heterocycles. The highest BCUT2D eigenvalue weighted by Crippen LogP contribution is 2.39. The Balaban J connectivity index is 1.53. The van der Waals surface area contributed by atoms with Crippen LogP contribution in [0.15, 0.2) is 94.7 Å². The van der Waals surface area contributed by atoms with E-state index in [1.807, 2.05) is 55.5 Å². The maximum absolute atomic E-state index is 15.6. The molecule has 6 rings (SSSR count). The number of nitrogens with one attached hydrogen (secondary N) is 1. The highest BCUT2D eigenvalue weighted by Gasteiger charge is 2.45. The Morgan fingerprint density at radius 3 is 1.83 bits per heavy atom. The molecule has 0 spiro atoms. The summed E-state index contributed by atoms with van der Waals surface area (Å²) < 4.78 is 81.4. The third kappa shape index (κ3) is 10.0. The molecular formula is C41H48IN7O9S2. The molecule has 2 N–H and O–H groups in total. The normalized spacial score (nSPS) is 16.2. The number of rotatable bonds is 15. The number of piperidine rings is 1. The van der Waals surface area contributed by atoms with Crippen molar-refractivity contribution in [1.82, 2.24) is 34.1 Å². The van der Waals surface area contributed by atoms with Crippen LogP contribution in [0.25, 0.3) is 11.4 Å². The van der Waals surface area contributed by atoms with Crippen LogP contribution in [0.4, 0.5) is 4.79 Å². The topological polar surface area (TPSA) is 195 Å². The first-order valence-electron chi connectivity index (χ1n) is 19.0. The average Bonchev–Trinajstić information content (AvgIpc) is 3.68. The van der Waals surface area contributed by atoms with E-state index >= 15 is 8.42 Å². The highest BCUT2D eigenvalue weighted by atomic mass is 127. The molecular weight excluding hydrogens is 926 g/mol. The van der Waals surface area contributed by atoms with Gasteiger partial charge in [-0.2, -0.15) is 9.10 Å². The number of aromatic nitrogens is 4. The molecule has 1 aliphatic heterocycles. The van der Waals surface area contributed by atoms with Gasteiger partial charge >= 0.3 is 6.09 Å². The molecule has 0 radical (unpaired) electrons. The number of halogens is 1. The number of benzene rings is 4. The number of tetrazole rings is 1. The second-order valence-electron chi connectivity index (χ2n) is 15.4. The summed E-state index contributed by atoms with van der Waals surface area (Å²) in [5, 5.41) is 23.3. The number of methoxy groups -OCH3 is 3. The van der Waals surface area contributed by atoms with Gasteiger partial charge in [-0.05, 0) is 111 Å². The molecule has 1 aromatic heterocycles. The summed E-state index contributed by atoms with van der Waals surface area (Å²) in [6, 6.07) is 22.1. The number of likely N-dealkylation sites (tertiary alicyclic amines) is 1. The maximum Gasteiger partial charge on any atom is 0.407 e. The molecule has 2 atom stereocenters. The van der Waals surface area contributed by atoms with Crippen LogP contribution >= 0.6 is 22.6 Å². The van der Waals surface area contributed by atoms with Crippen molar-refractivity contribution in [2.75, 3.05) is 27.9 Å². The van der Waals surface area contributed by atoms with Gasteiger partial charge in [0.15, 0.2) is 0 Å². The largest absolute Gasteiger partial charge is 0.497 e. The van der Waals surface area contributed by atoms with Gasteiger partial charge in [-0.1, -0.05) is 57.2 Å². The highest BCUT2D eigenvalue weighted by molar-refractivity contribution is 14.1. The lowest BCUT2D eigenvalue weighted by atomic mass is 9.78. The molecule has 1 amide bonds. The number of hydrogen-bond acceptors (Lipinski definition) is 11. The Hall–Kier alpha value is -4.83. The SMILES string of the molecule is COc1ccc(CN(Cc2ccc(OC)cc2)S(=O)(=O)c2c(S(=O)(=O)NC3CCCN(C(=O)O)C3C(C)(C)C)ccc(I)c2-c2nnn(Cc3ccc(OC)cc3)n2)cc1. The van der Waals surface area contributed by atoms with Crippen LogP contribution in [0.1, 0.15) is 50.3 Å². The van der Waals surface area contributed by atoms with Crippen molar-refractivity contribution in [2.45, 2.75) is 75.1 Å². The molecule has 4 aromatic carbocycles. The predicted octanol–water partition coefficient (Wildman–Crippen LogP) is 6.25. The molecule has 60 heavy (non-hydrogen) atoms. The lowest BCUT2D eigenvalue weighted by molar-refractivity contribution is 0.0433. The van der Waals surface area contributed by atoms with Crippen LogP contribution in [0.5, 0.6) is 17.2 Å². The number of amides is 1. The second-order valence-corrected chi connectivity index (χ2v) is 20.1. The van der Waals surface area contributed by atoms with Crippen LogP contribution < -0.4 is 18.9 Å². The van der Waals surface area contributed by atoms with Gasteiger partial charge in [-0.15, -0.1) is 10.2 Å². The molecule has 1 fully saturated rings. The van der Waals surface area contributed by atoms with E-state index in [1.165, 1.54) is 40.4 Å². The van der Waals surface area contributed by atoms with Crippen LogP contribution in [0, 0.1) is 8.99 Å². The van der Waals surface area contributed by atoms with Gasteiger partial charge < -0.3 is 24.2 Å². The van der Waals surface area contributed by atoms with Gasteiger partial charge in [-0.25, -0.2) is 26.4 Å². The fraction of sp³-hybridized carbons (Fsp3) is 0.366. The van der Waals surface area contributed by atoms with Crippen molar-refractivity contribution < 1.29 is 40.9 Å². The van der Waals surface area contributed by atoms with Gasteiger partial charge in [0.2, 0.25) is 25.9 Å². The van der Waals surface area contributed by atoms with Gasteiger partial charge in [0, 0.05) is 29.2 Å². The molecule has 5 aromatic rings. The first kappa shape index (κ1) is 44.7. The van der Waals surface area contributed by atoms with E-state index < -0.39 is 53.4 Å². The Kier molecular flexibility index (Phi) is 13.7. The van der Waals surface area contributed by atoms with Crippen LogP contribution in [-0.2, 0) is 39.7 Å². The Bertz CT molecular complexity index is 2460. The monoisotopic (exact) mass is 973 g/mol. The van der Waals surface area contributed by atoms with E-state index in [-0.39, 0.29) is 37.6 Å². The van der Waals surface area contributed by atoms with E-state index in [2.05, 4.69) is 20.1 Å². The number of ether oxygens (including phenoxy) is 3. The zero-order valence-electron chi connectivity index (χ0n) is 34.1. The Morgan fingerprint density at radius 2 is 1.35 bits per heavy atom. The molecule has 16 nitrogen and oxygen atoms in total. The first-order valence-corrected chi connectivity index (χ1v) is 23.0. The van der Waals surface area contributed by atoms with Crippen molar-refractivity contribution in [3.8, 4) is 28.6 Å². The summed E-state index contributed by atoms with van der Waals surface area (Å²) in [5.41, 5.74) is 1.28. The number of carboxylic acid groups (broad SMARTS) is 1. The zero-order valence-corrected chi connectivity index (χ0v) is 37.9. The van der Waals surface area contributed by atoms with Gasteiger partial charge in [0.05, 0.1) is 39.5 Å². The van der Waals surface area contributed by atoms with E-state index in [1.54, 1.807) is 67.8 Å². The molecule has 0 aliphatic carbocycles. The third-order valence-corrected chi connectivity index (χ3v) is 14.7. The average molecular weight is 974 g/mol. The van der Waals surface area contributed by atoms with E-state index in [0.717, 1.165) is 5.56 Å². The molecule has 1 saturated heterocycles. The van der Waals surface area contributed by atoms with Crippen molar-refractivity contribution in [2.24, 2.45) is 5.41 Å². The molecule has 2 unspecified atom stereocenters. The number of hydrogen-bond donors (Lipinski definition) is 2. The quantitative estimate of drug-likeness (QED) is 0.112. The van der Waals surface area contributed by atoms with Gasteiger partial charge in [0.1, 0.15) is 27.0 Å². The number of carbonyl (C=O) groups is 1. The second kappa shape index (κ2) is 18.4. The number of sulfonamides is 2. The Labute approximate surface area is 364 Å². The number of nitrogens with zero attached hydrogens (tertiary/aromatic N) is 6. The standard InChI is InChI=1S/C41H48IN7O9S2/c1-41(2,3)38-34(8-7-23-48(38)40(50)51)45-59(52,53)35-22-21-33(42)36(39-43-46-49(44-39)26-29-13-19-32(58-6)20-14-29)37(35)60(54,55)47(24-27-9-15-30(56-4)16-10-27)25-28-11-17-31(57-5)18-12-28/h9-22,34,38,45H,7-8,23-26H2,1-6H3,(H,50,51). The molecule has 0 saturated carbocycles. The minimum Gasteiger partial charge on any atom is -0.497 e. The molecule has 1 aliphatic rings. The van der Waals surface area contributed by atoms with Crippen molar-refractivity contribution in [1.29, 1.82) is 0 Å². The van der Waals surface area contributed by atoms with Crippen molar-refractivity contribution in [3.63, 3.8) is 0 Å². The van der Waals surface area contributed by atoms with Gasteiger partial charge in [-0.3, -0.25) is 0 Å². The minimum atomic E-state index is -4.80. The molecule has 0 bridgehead atoms. The van der Waals surface area contributed by atoms with Crippen LogP contribution in [0.3, 0.4) is 0 Å². The fourth-order valence-electron chi connectivity index (χ4n) is 7.41. The van der Waals surface area contributed by atoms with E-state index in [4.69, 9.17) is 14.2 Å². The lowest BCUT2D eigenvalue weighted by Gasteiger charge is -2.46. The van der Waals surface area contributed by atoms with Gasteiger partial charge in [0.25, 0.3) is 0 Å². The zero-order chi connectivity index (χ0) is 43.4. The minimum absolute atomic E-state index is 0.0582. The summed E-state index contributed by atoms with van der Waals surface area (Å²) in [5.74, 6) is 1.70. The van der Waals surface area contributed by atoms with Crippen LogP contribution in [-0.4, -0.2) is 97.4 Å². The molecule has 320 valence electrons. The summed E-state index contributed by atoms with van der Waals surface area (Å²) in [6.45, 7) is 5.62. The fourth-order valence-corrected chi connectivity index (χ4v) is 12.0. The maximum atomic E-state index is 15.6. The van der Waals surface area contributed by atoms with Crippen molar-refractivity contribution >= 4 is 48.7 Å². The lowest BCUT2D eigenvalue weighted by Crippen LogP contribution is -2.61. The smallest absolute Gasteiger partial charge is 0.407 e. The summed E-state index contributed by atoms with van der Waals surface area (Å²) in [7, 11) is -4.89. The summed E-state index contributed by atoms with van der Waals surface area (Å²) in [4.78, 5) is 13.9. The van der Waals surface area contributed by atoms with E-state index in [9.17, 15) is 18.3 Å². The summed E-state index contributed by atoms with van der Waals surface area (Å²) in [6.07, 6.45) is -0.448.